The van der Waals surface area contributed by atoms with E-state index in [0.717, 1.165) is 0 Å². The van der Waals surface area contributed by atoms with Crippen molar-refractivity contribution in [3.05, 3.63) is 24.0 Å². The first kappa shape index (κ1) is 13.3. The molecule has 1 N–H and O–H groups in total. The van der Waals surface area contributed by atoms with Crippen LogP contribution in [0.5, 0.6) is 0 Å². The molecule has 1 aromatic rings. The highest BCUT2D eigenvalue weighted by Crippen LogP contribution is 2.37. The number of H-pyrrole nitrogens is 1. The number of aromatic nitrogens is 1. The molecule has 92 valence electrons. The summed E-state index contributed by atoms with van der Waals surface area (Å²) in [5.41, 5.74) is 1.95. The van der Waals surface area contributed by atoms with E-state index in [1.165, 1.54) is 50.6 Å². The fourth-order valence-corrected chi connectivity index (χ4v) is 2.74. The largest absolute Gasteiger partial charge is 0.365 e. The van der Waals surface area contributed by atoms with E-state index in [9.17, 15) is 0 Å². The van der Waals surface area contributed by atoms with E-state index in [2.05, 4.69) is 37.9 Å². The quantitative estimate of drug-likeness (QED) is 0.639. The maximum atomic E-state index is 3.36. The molecule has 1 heterocycles. The maximum absolute atomic E-state index is 3.36. The molecule has 0 radical (unpaired) electrons. The van der Waals surface area contributed by atoms with Gasteiger partial charge >= 0.3 is 0 Å². The second kappa shape index (κ2) is 6.78. The predicted molar refractivity (Wildman–Crippen MR) is 71.7 cm³/mol. The predicted octanol–water partition coefficient (Wildman–Crippen LogP) is 4.94. The Morgan fingerprint density at radius 2 is 1.94 bits per heavy atom. The van der Waals surface area contributed by atoms with Crippen LogP contribution in [-0.4, -0.2) is 4.98 Å². The monoisotopic (exact) mass is 221 g/mol. The minimum Gasteiger partial charge on any atom is -0.365 e. The zero-order valence-electron chi connectivity index (χ0n) is 11.2. The maximum Gasteiger partial charge on any atom is 0.0152 e. The molecule has 0 saturated carbocycles. The normalized spacial score (nSPS) is 14.9. The molecule has 1 rings (SSSR count). The molecule has 0 aliphatic carbocycles. The molecule has 16 heavy (non-hydrogen) atoms. The van der Waals surface area contributed by atoms with Gasteiger partial charge in [0.05, 0.1) is 0 Å². The molecule has 0 spiro atoms. The van der Waals surface area contributed by atoms with Gasteiger partial charge in [0, 0.05) is 11.9 Å². The third-order valence-electron chi connectivity index (χ3n) is 3.82. The summed E-state index contributed by atoms with van der Waals surface area (Å²) >= 11 is 0. The van der Waals surface area contributed by atoms with Crippen molar-refractivity contribution in [3.63, 3.8) is 0 Å². The average molecular weight is 221 g/mol. The van der Waals surface area contributed by atoms with Gasteiger partial charge in [-0.25, -0.2) is 0 Å². The van der Waals surface area contributed by atoms with Gasteiger partial charge in [-0.15, -0.1) is 0 Å². The second-order valence-corrected chi connectivity index (χ2v) is 5.08. The summed E-state index contributed by atoms with van der Waals surface area (Å²) in [6.07, 6.45) is 11.3. The molecule has 0 aromatic carbocycles. The van der Waals surface area contributed by atoms with E-state index in [0.29, 0.717) is 5.41 Å². The molecule has 0 bridgehead atoms. The highest BCUT2D eigenvalue weighted by atomic mass is 14.7. The van der Waals surface area contributed by atoms with Gasteiger partial charge in [0.25, 0.3) is 0 Å². The van der Waals surface area contributed by atoms with Crippen LogP contribution in [0.15, 0.2) is 18.3 Å². The summed E-state index contributed by atoms with van der Waals surface area (Å²) in [5.74, 6) is 0. The molecule has 1 aromatic heterocycles. The molecule has 0 aliphatic rings. The lowest BCUT2D eigenvalue weighted by Crippen LogP contribution is -2.23. The van der Waals surface area contributed by atoms with Crippen molar-refractivity contribution in [2.75, 3.05) is 0 Å². The van der Waals surface area contributed by atoms with Gasteiger partial charge in [0.2, 0.25) is 0 Å². The lowest BCUT2D eigenvalue weighted by molar-refractivity contribution is 0.215. The van der Waals surface area contributed by atoms with E-state index in [4.69, 9.17) is 0 Å². The first-order valence-electron chi connectivity index (χ1n) is 6.88. The number of hydrogen-bond acceptors (Lipinski definition) is 0. The molecular weight excluding hydrogens is 194 g/mol. The van der Waals surface area contributed by atoms with Crippen molar-refractivity contribution in [3.8, 4) is 0 Å². The van der Waals surface area contributed by atoms with Gasteiger partial charge in [-0.05, 0) is 36.8 Å². The van der Waals surface area contributed by atoms with E-state index in [1.54, 1.807) is 0 Å². The minimum absolute atomic E-state index is 0.537. The summed E-state index contributed by atoms with van der Waals surface area (Å²) in [7, 11) is 0. The third kappa shape index (κ3) is 3.70. The first-order chi connectivity index (χ1) is 7.76. The van der Waals surface area contributed by atoms with Crippen LogP contribution in [0.2, 0.25) is 0 Å². The standard InChI is InChI=1S/C15H27N/c1-4-7-11-15(6-3,10-5-2)13-14-9-8-12-16-14/h8-9,12,16H,4-7,10-11,13H2,1-3H3. The van der Waals surface area contributed by atoms with Crippen molar-refractivity contribution in [1.82, 2.24) is 4.98 Å². The smallest absolute Gasteiger partial charge is 0.0152 e. The van der Waals surface area contributed by atoms with Crippen LogP contribution in [0.3, 0.4) is 0 Å². The van der Waals surface area contributed by atoms with Crippen LogP contribution in [-0.2, 0) is 6.42 Å². The Bertz CT molecular complexity index is 263. The molecule has 0 amide bonds. The molecule has 0 aliphatic heterocycles. The molecular formula is C15H27N. The number of rotatable bonds is 8. The molecule has 0 fully saturated rings. The van der Waals surface area contributed by atoms with E-state index >= 15 is 0 Å². The first-order valence-corrected chi connectivity index (χ1v) is 6.88. The van der Waals surface area contributed by atoms with Gasteiger partial charge in [-0.1, -0.05) is 46.5 Å². The van der Waals surface area contributed by atoms with Gasteiger partial charge in [-0.2, -0.15) is 0 Å². The Morgan fingerprint density at radius 1 is 1.12 bits per heavy atom. The fourth-order valence-electron chi connectivity index (χ4n) is 2.74. The van der Waals surface area contributed by atoms with Crippen LogP contribution in [0.1, 0.15) is 65.0 Å². The van der Waals surface area contributed by atoms with E-state index < -0.39 is 0 Å². The molecule has 1 atom stereocenters. The Morgan fingerprint density at radius 3 is 2.44 bits per heavy atom. The van der Waals surface area contributed by atoms with Gasteiger partial charge in [0.1, 0.15) is 0 Å². The summed E-state index contributed by atoms with van der Waals surface area (Å²) in [5, 5.41) is 0. The molecule has 1 nitrogen and oxygen atoms in total. The zero-order valence-corrected chi connectivity index (χ0v) is 11.2. The van der Waals surface area contributed by atoms with Gasteiger partial charge in [-0.3, -0.25) is 0 Å². The number of aromatic amines is 1. The minimum atomic E-state index is 0.537. The summed E-state index contributed by atoms with van der Waals surface area (Å²) in [4.78, 5) is 3.36. The molecule has 0 saturated heterocycles. The average Bonchev–Trinajstić information content (AvgIpc) is 2.79. The van der Waals surface area contributed by atoms with Crippen molar-refractivity contribution in [2.24, 2.45) is 5.41 Å². The van der Waals surface area contributed by atoms with Crippen molar-refractivity contribution < 1.29 is 0 Å². The molecule has 1 heteroatoms. The van der Waals surface area contributed by atoms with Gasteiger partial charge in [0.15, 0.2) is 0 Å². The lowest BCUT2D eigenvalue weighted by Gasteiger charge is -2.32. The lowest BCUT2D eigenvalue weighted by atomic mass is 9.73. The van der Waals surface area contributed by atoms with Crippen LogP contribution in [0.25, 0.3) is 0 Å². The number of hydrogen-bond donors (Lipinski definition) is 1. The Kier molecular flexibility index (Phi) is 5.65. The Labute approximate surface area is 101 Å². The summed E-state index contributed by atoms with van der Waals surface area (Å²) in [6, 6.07) is 4.34. The summed E-state index contributed by atoms with van der Waals surface area (Å²) in [6.45, 7) is 6.96. The van der Waals surface area contributed by atoms with Crippen LogP contribution in [0.4, 0.5) is 0 Å². The topological polar surface area (TPSA) is 15.8 Å². The van der Waals surface area contributed by atoms with Crippen LogP contribution in [0, 0.1) is 5.41 Å². The Balaban J connectivity index is 2.67. The number of nitrogens with one attached hydrogen (secondary N) is 1. The van der Waals surface area contributed by atoms with E-state index in [1.807, 2.05) is 6.20 Å². The highest BCUT2D eigenvalue weighted by Gasteiger charge is 2.27. The fraction of sp³-hybridized carbons (Fsp3) is 0.733. The SMILES string of the molecule is CCCCC(CC)(CCC)Cc1ccc[nH]1. The highest BCUT2D eigenvalue weighted by molar-refractivity contribution is 5.06. The van der Waals surface area contributed by atoms with Crippen molar-refractivity contribution >= 4 is 0 Å². The second-order valence-electron chi connectivity index (χ2n) is 5.08. The zero-order chi connectivity index (χ0) is 11.9. The third-order valence-corrected chi connectivity index (χ3v) is 3.82. The van der Waals surface area contributed by atoms with Crippen LogP contribution >= 0.6 is 0 Å². The summed E-state index contributed by atoms with van der Waals surface area (Å²) < 4.78 is 0. The van der Waals surface area contributed by atoms with Crippen LogP contribution < -0.4 is 0 Å². The van der Waals surface area contributed by atoms with Gasteiger partial charge < -0.3 is 4.98 Å². The van der Waals surface area contributed by atoms with Crippen molar-refractivity contribution in [2.45, 2.75) is 65.7 Å². The Hall–Kier alpha value is -0.720. The molecule has 1 unspecified atom stereocenters. The van der Waals surface area contributed by atoms with Crippen molar-refractivity contribution in [1.29, 1.82) is 0 Å². The van der Waals surface area contributed by atoms with E-state index in [-0.39, 0.29) is 0 Å². The number of unbranched alkanes of at least 4 members (excludes halogenated alkanes) is 1.